The molecule has 4 aromatic rings. The van der Waals surface area contributed by atoms with Gasteiger partial charge >= 0.3 is 0 Å². The van der Waals surface area contributed by atoms with Gasteiger partial charge in [0, 0.05) is 48.2 Å². The third kappa shape index (κ3) is 8.53. The Labute approximate surface area is 257 Å². The summed E-state index contributed by atoms with van der Waals surface area (Å²) in [4.78, 5) is 12.5. The predicted octanol–water partition coefficient (Wildman–Crippen LogP) is 8.19. The van der Waals surface area contributed by atoms with Crippen LogP contribution in [0.25, 0.3) is 0 Å². The van der Waals surface area contributed by atoms with Crippen molar-refractivity contribution in [3.05, 3.63) is 102 Å². The molecule has 6 nitrogen and oxygen atoms in total. The lowest BCUT2D eigenvalue weighted by atomic mass is 9.90. The van der Waals surface area contributed by atoms with Crippen LogP contribution in [0.5, 0.6) is 0 Å². The summed E-state index contributed by atoms with van der Waals surface area (Å²) >= 11 is 1.82. The molecule has 224 valence electrons. The lowest BCUT2D eigenvalue weighted by Crippen LogP contribution is -2.29. The number of rotatable bonds is 10. The summed E-state index contributed by atoms with van der Waals surface area (Å²) in [6.07, 6.45) is 9.27. The number of anilines is 4. The Kier molecular flexibility index (Phi) is 9.82. The fourth-order valence-electron chi connectivity index (χ4n) is 5.86. The van der Waals surface area contributed by atoms with Crippen LogP contribution >= 0.6 is 11.9 Å². The molecule has 2 fully saturated rings. The van der Waals surface area contributed by atoms with Crippen molar-refractivity contribution < 1.29 is 8.78 Å². The number of aromatic nitrogens is 2. The lowest BCUT2D eigenvalue weighted by Gasteiger charge is -2.31. The van der Waals surface area contributed by atoms with E-state index in [2.05, 4.69) is 66.2 Å². The van der Waals surface area contributed by atoms with E-state index in [9.17, 15) is 8.78 Å². The summed E-state index contributed by atoms with van der Waals surface area (Å²) in [7, 11) is 0. The Morgan fingerprint density at radius 2 is 1.53 bits per heavy atom. The highest BCUT2D eigenvalue weighted by atomic mass is 32.2. The highest BCUT2D eigenvalue weighted by molar-refractivity contribution is 7.97. The third-order valence-corrected chi connectivity index (χ3v) is 9.24. The second-order valence-electron chi connectivity index (χ2n) is 11.5. The van der Waals surface area contributed by atoms with Gasteiger partial charge in [0.15, 0.2) is 11.6 Å². The minimum atomic E-state index is -0.913. The highest BCUT2D eigenvalue weighted by Crippen LogP contribution is 2.31. The van der Waals surface area contributed by atoms with Crippen molar-refractivity contribution in [2.24, 2.45) is 5.92 Å². The Bertz CT molecular complexity index is 1490. The van der Waals surface area contributed by atoms with Crippen LogP contribution in [0.15, 0.2) is 83.9 Å². The first kappa shape index (κ1) is 29.5. The smallest absolute Gasteiger partial charge is 0.229 e. The van der Waals surface area contributed by atoms with Crippen LogP contribution in [0.1, 0.15) is 43.2 Å². The molecule has 0 aliphatic carbocycles. The molecule has 1 aromatic heterocycles. The quantitative estimate of drug-likeness (QED) is 0.178. The summed E-state index contributed by atoms with van der Waals surface area (Å²) in [6.45, 7) is 5.75. The molecule has 9 heteroatoms. The van der Waals surface area contributed by atoms with Crippen LogP contribution in [-0.4, -0.2) is 45.4 Å². The predicted molar refractivity (Wildman–Crippen MR) is 171 cm³/mol. The van der Waals surface area contributed by atoms with Crippen molar-refractivity contribution in [1.82, 2.24) is 19.2 Å². The maximum absolute atomic E-state index is 13.5. The van der Waals surface area contributed by atoms with E-state index in [1.807, 2.05) is 24.1 Å². The normalized spacial score (nSPS) is 16.7. The van der Waals surface area contributed by atoms with Gasteiger partial charge in [-0.25, -0.2) is 18.1 Å². The molecular weight excluding hydrogens is 562 g/mol. The van der Waals surface area contributed by atoms with Crippen molar-refractivity contribution in [3.63, 3.8) is 0 Å². The summed E-state index contributed by atoms with van der Waals surface area (Å²) in [5, 5.41) is 6.19. The molecule has 3 heterocycles. The zero-order chi connectivity index (χ0) is 29.4. The molecule has 2 aliphatic heterocycles. The van der Waals surface area contributed by atoms with E-state index in [1.54, 1.807) is 12.3 Å². The molecule has 0 unspecified atom stereocenters. The molecule has 6 rings (SSSR count). The topological polar surface area (TPSA) is 56.3 Å². The fourth-order valence-corrected chi connectivity index (χ4v) is 6.81. The number of nitrogens with zero attached hydrogens (tertiary/aromatic N) is 4. The zero-order valence-corrected chi connectivity index (χ0v) is 25.1. The van der Waals surface area contributed by atoms with Gasteiger partial charge in [0.2, 0.25) is 5.95 Å². The van der Waals surface area contributed by atoms with E-state index >= 15 is 0 Å². The molecule has 2 N–H and O–H groups in total. The Morgan fingerprint density at radius 1 is 0.767 bits per heavy atom. The van der Waals surface area contributed by atoms with Crippen LogP contribution < -0.4 is 10.6 Å². The molecule has 0 amide bonds. The maximum Gasteiger partial charge on any atom is 0.229 e. The standard InChI is InChI=1S/C34H38F2N6S/c35-31-12-9-29(23-32(31)36)38-33-13-16-37-34(40-33)39-28-7-10-30(11-8-28)43-42-19-14-25(15-20-42)21-26-5-4-6-27(22-26)24-41-17-2-1-3-18-41/h4-13,16,22-23,25H,1-3,14-15,17-21,24H2,(H2,37,38,39,40). The second-order valence-corrected chi connectivity index (χ2v) is 12.7. The molecule has 3 aromatic carbocycles. The first-order chi connectivity index (χ1) is 21.1. The van der Waals surface area contributed by atoms with Gasteiger partial charge in [-0.05, 0) is 117 Å². The van der Waals surface area contributed by atoms with Crippen LogP contribution in [0.2, 0.25) is 0 Å². The highest BCUT2D eigenvalue weighted by Gasteiger charge is 2.21. The van der Waals surface area contributed by atoms with Crippen molar-refractivity contribution in [1.29, 1.82) is 0 Å². The first-order valence-corrected chi connectivity index (χ1v) is 16.0. The third-order valence-electron chi connectivity index (χ3n) is 8.14. The summed E-state index contributed by atoms with van der Waals surface area (Å²) in [5.74, 6) is -0.178. The number of hydrogen-bond donors (Lipinski definition) is 2. The minimum Gasteiger partial charge on any atom is -0.340 e. The van der Waals surface area contributed by atoms with Gasteiger partial charge in [-0.15, -0.1) is 0 Å². The lowest BCUT2D eigenvalue weighted by molar-refractivity contribution is 0.221. The molecule has 0 atom stereocenters. The van der Waals surface area contributed by atoms with Crippen LogP contribution in [0, 0.1) is 17.6 Å². The number of benzene rings is 3. The molecule has 2 saturated heterocycles. The van der Waals surface area contributed by atoms with Crippen LogP contribution in [0.3, 0.4) is 0 Å². The van der Waals surface area contributed by atoms with Crippen molar-refractivity contribution in [2.45, 2.75) is 50.0 Å². The molecule has 43 heavy (non-hydrogen) atoms. The first-order valence-electron chi connectivity index (χ1n) is 15.2. The van der Waals surface area contributed by atoms with Crippen molar-refractivity contribution in [2.75, 3.05) is 36.8 Å². The van der Waals surface area contributed by atoms with E-state index in [0.717, 1.165) is 43.4 Å². The van der Waals surface area contributed by atoms with E-state index in [4.69, 9.17) is 0 Å². The van der Waals surface area contributed by atoms with Crippen molar-refractivity contribution >= 4 is 35.1 Å². The minimum absolute atomic E-state index is 0.409. The average Bonchev–Trinajstić information content (AvgIpc) is 3.02. The SMILES string of the molecule is Fc1ccc(Nc2ccnc(Nc3ccc(SN4CCC(Cc5cccc(CN6CCCCC6)c5)CC4)cc3)n2)cc1F. The van der Waals surface area contributed by atoms with E-state index in [1.165, 1.54) is 73.7 Å². The van der Waals surface area contributed by atoms with E-state index in [-0.39, 0.29) is 0 Å². The summed E-state index contributed by atoms with van der Waals surface area (Å²) in [6, 6.07) is 22.8. The Morgan fingerprint density at radius 3 is 2.33 bits per heavy atom. The maximum atomic E-state index is 13.5. The van der Waals surface area contributed by atoms with Gasteiger partial charge in [-0.3, -0.25) is 4.90 Å². The number of likely N-dealkylation sites (tertiary alicyclic amines) is 1. The number of nitrogens with one attached hydrogen (secondary N) is 2. The van der Waals surface area contributed by atoms with Gasteiger partial charge in [-0.1, -0.05) is 30.7 Å². The zero-order valence-electron chi connectivity index (χ0n) is 24.3. The summed E-state index contributed by atoms with van der Waals surface area (Å²) < 4.78 is 29.2. The molecule has 0 radical (unpaired) electrons. The molecule has 0 spiro atoms. The van der Waals surface area contributed by atoms with Gasteiger partial charge in [0.05, 0.1) is 0 Å². The van der Waals surface area contributed by atoms with Gasteiger partial charge < -0.3 is 10.6 Å². The van der Waals surface area contributed by atoms with Gasteiger partial charge in [0.1, 0.15) is 5.82 Å². The monoisotopic (exact) mass is 600 g/mol. The second kappa shape index (κ2) is 14.3. The molecule has 2 aliphatic rings. The average molecular weight is 601 g/mol. The molecule has 0 saturated carbocycles. The number of halogens is 2. The van der Waals surface area contributed by atoms with E-state index < -0.39 is 11.6 Å². The Hall–Kier alpha value is -3.53. The van der Waals surface area contributed by atoms with Gasteiger partial charge in [0.25, 0.3) is 0 Å². The van der Waals surface area contributed by atoms with Crippen LogP contribution in [-0.2, 0) is 13.0 Å². The number of piperidine rings is 2. The molecule has 0 bridgehead atoms. The van der Waals surface area contributed by atoms with Gasteiger partial charge in [-0.2, -0.15) is 4.98 Å². The Balaban J connectivity index is 0.958. The summed E-state index contributed by atoms with van der Waals surface area (Å²) in [5.41, 5.74) is 4.23. The van der Waals surface area contributed by atoms with E-state index in [0.29, 0.717) is 17.5 Å². The van der Waals surface area contributed by atoms with Crippen LogP contribution in [0.4, 0.5) is 31.9 Å². The molecular formula is C34H38F2N6S. The van der Waals surface area contributed by atoms with Crippen molar-refractivity contribution in [3.8, 4) is 0 Å². The largest absolute Gasteiger partial charge is 0.340 e. The fraction of sp³-hybridized carbons (Fsp3) is 0.353. The number of hydrogen-bond acceptors (Lipinski definition) is 7.